The van der Waals surface area contributed by atoms with Crippen molar-refractivity contribution < 1.29 is 22.0 Å². The van der Waals surface area contributed by atoms with Crippen LogP contribution >= 0.6 is 0 Å². The fraction of sp³-hybridized carbons (Fsp3) is 0.286. The maximum absolute atomic E-state index is 13.5. The summed E-state index contributed by atoms with van der Waals surface area (Å²) in [5.74, 6) is 0. The summed E-state index contributed by atoms with van der Waals surface area (Å²) >= 11 is 0. The second-order valence-corrected chi connectivity index (χ2v) is 16.1. The van der Waals surface area contributed by atoms with Gasteiger partial charge >= 0.3 is 0 Å². The largest absolute Gasteiger partial charge is 0.410 e. The molecule has 1 aliphatic carbocycles. The van der Waals surface area contributed by atoms with E-state index < -0.39 is 20.0 Å². The average molecular weight is 702 g/mol. The number of sulfonamides is 2. The minimum absolute atomic E-state index is 0.0158. The number of hydrogen-bond donors (Lipinski definition) is 3. The SMILES string of the molecule is CN1CCN(c2ccc(NS(=O)(=O)c3ccc4c(c3)C(=NO)c3cc(S(=O)(=O)Nc5ccc(N6CCN(C)CC6)cc5)ccc3-4)cc2)CC1. The minimum atomic E-state index is -4.00. The molecule has 0 unspecified atom stereocenters. The van der Waals surface area contributed by atoms with Crippen molar-refractivity contribution >= 4 is 48.5 Å². The number of hydrogen-bond acceptors (Lipinski definition) is 10. The average Bonchev–Trinajstić information content (AvgIpc) is 3.42. The molecular weight excluding hydrogens is 663 g/mol. The fourth-order valence-corrected chi connectivity index (χ4v) is 8.70. The molecule has 0 radical (unpaired) electrons. The lowest BCUT2D eigenvalue weighted by Gasteiger charge is -2.34. The first-order chi connectivity index (χ1) is 23.5. The zero-order valence-electron chi connectivity index (χ0n) is 27.4. The van der Waals surface area contributed by atoms with Crippen LogP contribution in [0.4, 0.5) is 22.7 Å². The Kier molecular flexibility index (Phi) is 8.73. The molecule has 0 amide bonds. The van der Waals surface area contributed by atoms with E-state index in [0.717, 1.165) is 63.7 Å². The van der Waals surface area contributed by atoms with Gasteiger partial charge in [-0.25, -0.2) is 16.8 Å². The first kappa shape index (κ1) is 32.9. The van der Waals surface area contributed by atoms with Gasteiger partial charge in [0, 0.05) is 86.2 Å². The predicted molar refractivity (Wildman–Crippen MR) is 193 cm³/mol. The maximum atomic E-state index is 13.5. The van der Waals surface area contributed by atoms with E-state index in [4.69, 9.17) is 0 Å². The number of oxime groups is 1. The van der Waals surface area contributed by atoms with Gasteiger partial charge in [-0.1, -0.05) is 17.3 Å². The van der Waals surface area contributed by atoms with E-state index in [1.807, 2.05) is 24.3 Å². The minimum Gasteiger partial charge on any atom is -0.410 e. The van der Waals surface area contributed by atoms with Crippen molar-refractivity contribution in [2.75, 3.05) is 85.7 Å². The normalized spacial score (nSPS) is 17.1. The summed E-state index contributed by atoms with van der Waals surface area (Å²) in [7, 11) is -3.80. The summed E-state index contributed by atoms with van der Waals surface area (Å²) in [6, 6.07) is 23.7. The lowest BCUT2D eigenvalue weighted by atomic mass is 10.1. The van der Waals surface area contributed by atoms with Crippen LogP contribution in [0.25, 0.3) is 11.1 Å². The molecule has 0 spiro atoms. The number of likely N-dealkylation sites (N-methyl/N-ethyl adjacent to an activating group) is 2. The second-order valence-electron chi connectivity index (χ2n) is 12.7. The highest BCUT2D eigenvalue weighted by atomic mass is 32.2. The zero-order chi connectivity index (χ0) is 34.3. The molecule has 0 bridgehead atoms. The van der Waals surface area contributed by atoms with Crippen LogP contribution in [0.15, 0.2) is 99.9 Å². The summed E-state index contributed by atoms with van der Waals surface area (Å²) in [6.07, 6.45) is 0. The van der Waals surface area contributed by atoms with E-state index in [0.29, 0.717) is 33.6 Å². The highest BCUT2D eigenvalue weighted by Gasteiger charge is 2.30. The van der Waals surface area contributed by atoms with Crippen LogP contribution in [0.1, 0.15) is 11.1 Å². The second kappa shape index (κ2) is 13.0. The molecule has 4 aromatic rings. The monoisotopic (exact) mass is 701 g/mol. The van der Waals surface area contributed by atoms with Crippen molar-refractivity contribution in [3.8, 4) is 11.1 Å². The summed E-state index contributed by atoms with van der Waals surface area (Å²) in [4.78, 5) is 9.05. The van der Waals surface area contributed by atoms with E-state index in [1.54, 1.807) is 36.4 Å². The van der Waals surface area contributed by atoms with Crippen molar-refractivity contribution in [2.24, 2.45) is 5.16 Å². The third-order valence-corrected chi connectivity index (χ3v) is 12.2. The van der Waals surface area contributed by atoms with Crippen LogP contribution in [-0.4, -0.2) is 104 Å². The molecule has 0 aromatic heterocycles. The molecule has 3 N–H and O–H groups in total. The van der Waals surface area contributed by atoms with Crippen molar-refractivity contribution in [3.05, 3.63) is 96.1 Å². The zero-order valence-corrected chi connectivity index (χ0v) is 29.0. The van der Waals surface area contributed by atoms with Gasteiger partial charge in [0.05, 0.1) is 9.79 Å². The lowest BCUT2D eigenvalue weighted by Crippen LogP contribution is -2.44. The Bertz CT molecular complexity index is 1960. The molecule has 256 valence electrons. The topological polar surface area (TPSA) is 138 Å². The van der Waals surface area contributed by atoms with E-state index in [-0.39, 0.29) is 15.5 Å². The number of benzene rings is 4. The molecule has 4 aromatic carbocycles. The molecular formula is C35H39N7O5S2. The summed E-state index contributed by atoms with van der Waals surface area (Å²) in [5, 5.41) is 13.5. The van der Waals surface area contributed by atoms with E-state index in [2.05, 4.69) is 48.3 Å². The van der Waals surface area contributed by atoms with Crippen LogP contribution in [0.3, 0.4) is 0 Å². The number of piperazine rings is 2. The molecule has 0 atom stereocenters. The summed E-state index contributed by atoms with van der Waals surface area (Å²) in [6.45, 7) is 7.49. The molecule has 0 saturated carbocycles. The number of fused-ring (bicyclic) bond motifs is 3. The molecule has 7 rings (SSSR count). The van der Waals surface area contributed by atoms with Gasteiger partial charge in [0.15, 0.2) is 0 Å². The van der Waals surface area contributed by atoms with Crippen LogP contribution < -0.4 is 19.2 Å². The van der Waals surface area contributed by atoms with E-state index >= 15 is 0 Å². The standard InChI is InChI=1S/C35H39N7O5S2/c1-39-15-19-41(20-16-39)27-7-3-25(4-8-27)37-48(44,45)29-11-13-31-32-14-12-30(24-34(32)35(36-43)33(31)23-29)49(46,47)38-26-5-9-28(10-6-26)42-21-17-40(2)18-22-42/h3-14,23-24,37-38,43H,15-22H2,1-2H3. The molecule has 12 nitrogen and oxygen atoms in total. The molecule has 2 saturated heterocycles. The van der Waals surface area contributed by atoms with Gasteiger partial charge < -0.3 is 24.8 Å². The summed E-state index contributed by atoms with van der Waals surface area (Å²) in [5.41, 5.74) is 5.04. The van der Waals surface area contributed by atoms with Crippen molar-refractivity contribution in [2.45, 2.75) is 9.79 Å². The van der Waals surface area contributed by atoms with Gasteiger partial charge in [-0.05, 0) is 98.0 Å². The predicted octanol–water partition coefficient (Wildman–Crippen LogP) is 4.00. The number of rotatable bonds is 8. The maximum Gasteiger partial charge on any atom is 0.261 e. The molecule has 49 heavy (non-hydrogen) atoms. The van der Waals surface area contributed by atoms with Gasteiger partial charge in [0.1, 0.15) is 5.71 Å². The van der Waals surface area contributed by atoms with Gasteiger partial charge in [0.25, 0.3) is 20.0 Å². The van der Waals surface area contributed by atoms with Crippen LogP contribution in [0.2, 0.25) is 0 Å². The lowest BCUT2D eigenvalue weighted by molar-refractivity contribution is 0.313. The Hall–Kier alpha value is -4.63. The van der Waals surface area contributed by atoms with Crippen molar-refractivity contribution in [3.63, 3.8) is 0 Å². The molecule has 3 aliphatic rings. The Morgan fingerprint density at radius 1 is 0.531 bits per heavy atom. The number of nitrogens with zero attached hydrogens (tertiary/aromatic N) is 5. The fourth-order valence-electron chi connectivity index (χ4n) is 6.53. The van der Waals surface area contributed by atoms with Gasteiger partial charge in [-0.15, -0.1) is 0 Å². The van der Waals surface area contributed by atoms with Gasteiger partial charge in [0.2, 0.25) is 0 Å². The first-order valence-corrected chi connectivity index (χ1v) is 19.1. The van der Waals surface area contributed by atoms with E-state index in [9.17, 15) is 22.0 Å². The highest BCUT2D eigenvalue weighted by Crippen LogP contribution is 2.39. The summed E-state index contributed by atoms with van der Waals surface area (Å²) < 4.78 is 59.1. The number of anilines is 4. The first-order valence-electron chi connectivity index (χ1n) is 16.1. The van der Waals surface area contributed by atoms with Gasteiger partial charge in [-0.2, -0.15) is 0 Å². The third kappa shape index (κ3) is 6.69. The van der Waals surface area contributed by atoms with Crippen LogP contribution in [-0.2, 0) is 20.0 Å². The molecule has 2 aliphatic heterocycles. The Balaban J connectivity index is 1.07. The highest BCUT2D eigenvalue weighted by molar-refractivity contribution is 7.93. The van der Waals surface area contributed by atoms with Gasteiger partial charge in [-0.3, -0.25) is 9.44 Å². The quantitative estimate of drug-likeness (QED) is 0.162. The van der Waals surface area contributed by atoms with Crippen molar-refractivity contribution in [1.29, 1.82) is 0 Å². The van der Waals surface area contributed by atoms with Crippen molar-refractivity contribution in [1.82, 2.24) is 9.80 Å². The third-order valence-electron chi connectivity index (χ3n) is 9.48. The Morgan fingerprint density at radius 2 is 0.898 bits per heavy atom. The van der Waals surface area contributed by atoms with Crippen LogP contribution in [0, 0.1) is 0 Å². The molecule has 2 fully saturated rings. The molecule has 2 heterocycles. The number of nitrogens with one attached hydrogen (secondary N) is 2. The van der Waals surface area contributed by atoms with E-state index in [1.165, 1.54) is 24.3 Å². The smallest absolute Gasteiger partial charge is 0.261 e. The molecule has 14 heteroatoms. The Labute approximate surface area is 287 Å². The Morgan fingerprint density at radius 3 is 1.24 bits per heavy atom. The van der Waals surface area contributed by atoms with Crippen LogP contribution in [0.5, 0.6) is 0 Å².